The van der Waals surface area contributed by atoms with Crippen molar-refractivity contribution in [1.82, 2.24) is 20.0 Å². The van der Waals surface area contributed by atoms with Gasteiger partial charge in [-0.05, 0) is 19.4 Å². The van der Waals surface area contributed by atoms with Crippen molar-refractivity contribution in [3.05, 3.63) is 12.5 Å². The van der Waals surface area contributed by atoms with Crippen LogP contribution in [0.5, 0.6) is 0 Å². The SMILES string of the molecule is Cl.O=S(=O)(NC1CCCNC1)c1cnc[nH]1. The fourth-order valence-electron chi connectivity index (χ4n) is 1.63. The van der Waals surface area contributed by atoms with Gasteiger partial charge < -0.3 is 10.3 Å². The third-order valence-corrected chi connectivity index (χ3v) is 3.83. The van der Waals surface area contributed by atoms with Gasteiger partial charge in [0.25, 0.3) is 10.0 Å². The van der Waals surface area contributed by atoms with E-state index in [1.54, 1.807) is 0 Å². The molecule has 1 saturated heterocycles. The number of H-pyrrole nitrogens is 1. The van der Waals surface area contributed by atoms with Crippen molar-refractivity contribution < 1.29 is 8.42 Å². The van der Waals surface area contributed by atoms with Crippen molar-refractivity contribution in [2.24, 2.45) is 0 Å². The molecule has 1 aliphatic rings. The molecule has 6 nitrogen and oxygen atoms in total. The minimum Gasteiger partial charge on any atom is -0.335 e. The highest BCUT2D eigenvalue weighted by molar-refractivity contribution is 7.89. The lowest BCUT2D eigenvalue weighted by molar-refractivity contribution is 0.428. The Bertz CT molecular complexity index is 400. The highest BCUT2D eigenvalue weighted by Gasteiger charge is 2.22. The molecule has 0 saturated carbocycles. The van der Waals surface area contributed by atoms with Gasteiger partial charge in [-0.15, -0.1) is 12.4 Å². The predicted molar refractivity (Wildman–Crippen MR) is 62.0 cm³/mol. The number of nitrogens with zero attached hydrogens (tertiary/aromatic N) is 1. The molecule has 1 aromatic rings. The number of aromatic nitrogens is 2. The number of rotatable bonds is 3. The molecule has 92 valence electrons. The smallest absolute Gasteiger partial charge is 0.257 e. The van der Waals surface area contributed by atoms with Gasteiger partial charge in [-0.3, -0.25) is 0 Å². The Morgan fingerprint density at radius 3 is 2.88 bits per heavy atom. The zero-order valence-electron chi connectivity index (χ0n) is 8.64. The second kappa shape index (κ2) is 5.62. The Labute approximate surface area is 101 Å². The zero-order chi connectivity index (χ0) is 10.7. The van der Waals surface area contributed by atoms with E-state index >= 15 is 0 Å². The van der Waals surface area contributed by atoms with Gasteiger partial charge in [-0.25, -0.2) is 18.1 Å². The van der Waals surface area contributed by atoms with Gasteiger partial charge in [-0.2, -0.15) is 0 Å². The second-order valence-electron chi connectivity index (χ2n) is 3.58. The monoisotopic (exact) mass is 266 g/mol. The molecule has 1 fully saturated rings. The van der Waals surface area contributed by atoms with E-state index in [0.717, 1.165) is 19.4 Å². The summed E-state index contributed by atoms with van der Waals surface area (Å²) >= 11 is 0. The minimum absolute atomic E-state index is 0. The first-order valence-corrected chi connectivity index (χ1v) is 6.38. The lowest BCUT2D eigenvalue weighted by atomic mass is 10.1. The Kier molecular flexibility index (Phi) is 4.72. The zero-order valence-corrected chi connectivity index (χ0v) is 10.3. The van der Waals surface area contributed by atoms with Gasteiger partial charge in [0.1, 0.15) is 0 Å². The quantitative estimate of drug-likeness (QED) is 0.711. The van der Waals surface area contributed by atoms with Crippen LogP contribution in [0.25, 0.3) is 0 Å². The van der Waals surface area contributed by atoms with E-state index in [1.807, 2.05) is 0 Å². The molecule has 0 bridgehead atoms. The third-order valence-electron chi connectivity index (χ3n) is 2.38. The fourth-order valence-corrected chi connectivity index (χ4v) is 2.80. The molecule has 1 unspecified atom stereocenters. The van der Waals surface area contributed by atoms with Crippen LogP contribution in [0.1, 0.15) is 12.8 Å². The highest BCUT2D eigenvalue weighted by Crippen LogP contribution is 2.07. The molecule has 1 aliphatic heterocycles. The predicted octanol–water partition coefficient (Wildman–Crippen LogP) is -0.138. The van der Waals surface area contributed by atoms with Gasteiger partial charge in [-0.1, -0.05) is 0 Å². The molecule has 0 aliphatic carbocycles. The van der Waals surface area contributed by atoms with Crippen molar-refractivity contribution in [2.45, 2.75) is 23.9 Å². The van der Waals surface area contributed by atoms with E-state index in [0.29, 0.717) is 6.54 Å². The van der Waals surface area contributed by atoms with E-state index in [9.17, 15) is 8.42 Å². The lowest BCUT2D eigenvalue weighted by Crippen LogP contribution is -2.45. The normalized spacial score (nSPS) is 21.4. The molecule has 16 heavy (non-hydrogen) atoms. The van der Waals surface area contributed by atoms with Crippen LogP contribution in [-0.4, -0.2) is 37.5 Å². The summed E-state index contributed by atoms with van der Waals surface area (Å²) in [6.45, 7) is 1.65. The Balaban J connectivity index is 0.00000128. The summed E-state index contributed by atoms with van der Waals surface area (Å²) in [7, 11) is -3.42. The highest BCUT2D eigenvalue weighted by atomic mass is 35.5. The summed E-state index contributed by atoms with van der Waals surface area (Å²) in [5, 5.41) is 3.27. The minimum atomic E-state index is -3.42. The van der Waals surface area contributed by atoms with Crippen LogP contribution in [-0.2, 0) is 10.0 Å². The topological polar surface area (TPSA) is 86.9 Å². The van der Waals surface area contributed by atoms with Gasteiger partial charge in [0.15, 0.2) is 5.03 Å². The van der Waals surface area contributed by atoms with Gasteiger partial charge >= 0.3 is 0 Å². The molecule has 0 spiro atoms. The number of halogens is 1. The van der Waals surface area contributed by atoms with Crippen molar-refractivity contribution in [3.63, 3.8) is 0 Å². The summed E-state index contributed by atoms with van der Waals surface area (Å²) in [6.07, 6.45) is 4.53. The van der Waals surface area contributed by atoms with Crippen LogP contribution in [0.3, 0.4) is 0 Å². The molecule has 3 N–H and O–H groups in total. The molecule has 2 rings (SSSR count). The van der Waals surface area contributed by atoms with Crippen LogP contribution >= 0.6 is 12.4 Å². The number of imidazole rings is 1. The molecular weight excluding hydrogens is 252 g/mol. The van der Waals surface area contributed by atoms with Crippen LogP contribution in [0.4, 0.5) is 0 Å². The first-order chi connectivity index (χ1) is 7.18. The largest absolute Gasteiger partial charge is 0.335 e. The van der Waals surface area contributed by atoms with Crippen LogP contribution in [0, 0.1) is 0 Å². The number of sulfonamides is 1. The van der Waals surface area contributed by atoms with E-state index in [-0.39, 0.29) is 23.5 Å². The maximum atomic E-state index is 11.8. The summed E-state index contributed by atoms with van der Waals surface area (Å²) in [6, 6.07) is -0.0213. The van der Waals surface area contributed by atoms with E-state index in [4.69, 9.17) is 0 Å². The average Bonchev–Trinajstić information content (AvgIpc) is 2.71. The van der Waals surface area contributed by atoms with Crippen LogP contribution in [0.15, 0.2) is 17.6 Å². The van der Waals surface area contributed by atoms with Crippen molar-refractivity contribution in [2.75, 3.05) is 13.1 Å². The maximum Gasteiger partial charge on any atom is 0.257 e. The number of nitrogens with one attached hydrogen (secondary N) is 3. The van der Waals surface area contributed by atoms with Crippen molar-refractivity contribution >= 4 is 22.4 Å². The van der Waals surface area contributed by atoms with Crippen LogP contribution < -0.4 is 10.0 Å². The Morgan fingerprint density at radius 1 is 1.50 bits per heavy atom. The van der Waals surface area contributed by atoms with Gasteiger partial charge in [0.05, 0.1) is 12.5 Å². The Morgan fingerprint density at radius 2 is 2.31 bits per heavy atom. The van der Waals surface area contributed by atoms with Crippen molar-refractivity contribution in [3.8, 4) is 0 Å². The molecule has 8 heteroatoms. The number of piperidine rings is 1. The third kappa shape index (κ3) is 3.18. The number of hydrogen-bond donors (Lipinski definition) is 3. The standard InChI is InChI=1S/C8H14N4O2S.ClH/c13-15(14,8-5-10-6-11-8)12-7-2-1-3-9-4-7;/h5-7,9,12H,1-4H2,(H,10,11);1H. The van der Waals surface area contributed by atoms with E-state index in [1.165, 1.54) is 12.5 Å². The summed E-state index contributed by atoms with van der Waals surface area (Å²) in [4.78, 5) is 6.28. The molecule has 2 heterocycles. The van der Waals surface area contributed by atoms with E-state index in [2.05, 4.69) is 20.0 Å². The molecule has 1 aromatic heterocycles. The van der Waals surface area contributed by atoms with Crippen LogP contribution in [0.2, 0.25) is 0 Å². The molecule has 0 radical (unpaired) electrons. The first-order valence-electron chi connectivity index (χ1n) is 4.90. The summed E-state index contributed by atoms with van der Waals surface area (Å²) in [5.74, 6) is 0. The summed E-state index contributed by atoms with van der Waals surface area (Å²) in [5.41, 5.74) is 0. The number of aromatic amines is 1. The van der Waals surface area contributed by atoms with E-state index < -0.39 is 10.0 Å². The molecule has 0 amide bonds. The molecule has 1 atom stereocenters. The Hall–Kier alpha value is -0.630. The van der Waals surface area contributed by atoms with Gasteiger partial charge in [0, 0.05) is 12.6 Å². The lowest BCUT2D eigenvalue weighted by Gasteiger charge is -2.23. The molecule has 0 aromatic carbocycles. The summed E-state index contributed by atoms with van der Waals surface area (Å²) < 4.78 is 26.1. The fraction of sp³-hybridized carbons (Fsp3) is 0.625. The maximum absolute atomic E-state index is 11.8. The molecular formula is C8H15ClN4O2S. The first kappa shape index (κ1) is 13.4. The number of hydrogen-bond acceptors (Lipinski definition) is 4. The average molecular weight is 267 g/mol. The van der Waals surface area contributed by atoms with Crippen molar-refractivity contribution in [1.29, 1.82) is 0 Å². The second-order valence-corrected chi connectivity index (χ2v) is 5.26. The van der Waals surface area contributed by atoms with Gasteiger partial charge in [0.2, 0.25) is 0 Å².